The van der Waals surface area contributed by atoms with Crippen molar-refractivity contribution in [1.29, 1.82) is 0 Å². The molecule has 4 aromatic rings. The van der Waals surface area contributed by atoms with Gasteiger partial charge in [-0.25, -0.2) is 4.79 Å². The van der Waals surface area contributed by atoms with E-state index >= 15 is 0 Å². The second-order valence-corrected chi connectivity index (χ2v) is 13.2. The molecule has 4 rings (SSSR count). The Morgan fingerprint density at radius 3 is 1.87 bits per heavy atom. The van der Waals surface area contributed by atoms with E-state index in [0.29, 0.717) is 50.0 Å². The summed E-state index contributed by atoms with van der Waals surface area (Å²) in [6, 6.07) is 27.8. The third kappa shape index (κ3) is 20.1. The Bertz CT molecular complexity index is 1610. The number of nitrogens with zero attached hydrogens (tertiary/aromatic N) is 3. The van der Waals surface area contributed by atoms with E-state index in [9.17, 15) is 19.2 Å². The van der Waals surface area contributed by atoms with E-state index < -0.39 is 0 Å². The molecule has 0 bridgehead atoms. The molecule has 0 saturated heterocycles. The highest BCUT2D eigenvalue weighted by Crippen LogP contribution is 2.12. The largest absolute Gasteiger partial charge is 0.445 e. The number of benzene rings is 3. The Balaban J connectivity index is 0.000000397. The zero-order chi connectivity index (χ0) is 40.3. The number of carbonyl (C=O) groups is 4. The van der Waals surface area contributed by atoms with E-state index in [4.69, 9.17) is 9.26 Å². The number of nitrogens with one attached hydrogen (secondary N) is 2. The molecule has 2 atom stereocenters. The Labute approximate surface area is 322 Å². The van der Waals surface area contributed by atoms with Gasteiger partial charge < -0.3 is 24.8 Å². The first-order valence-corrected chi connectivity index (χ1v) is 18.8. The van der Waals surface area contributed by atoms with Crippen LogP contribution < -0.4 is 10.6 Å². The summed E-state index contributed by atoms with van der Waals surface area (Å²) in [5, 5.41) is 9.21. The van der Waals surface area contributed by atoms with Gasteiger partial charge in [-0.1, -0.05) is 145 Å². The summed E-state index contributed by atoms with van der Waals surface area (Å²) in [7, 11) is 0. The summed E-state index contributed by atoms with van der Waals surface area (Å²) in [5.74, 6) is 1.24. The van der Waals surface area contributed by atoms with Crippen molar-refractivity contribution < 1.29 is 28.4 Å². The van der Waals surface area contributed by atoms with Gasteiger partial charge in [0.1, 0.15) is 6.61 Å². The highest BCUT2D eigenvalue weighted by molar-refractivity contribution is 5.80. The predicted molar refractivity (Wildman–Crippen MR) is 214 cm³/mol. The van der Waals surface area contributed by atoms with Gasteiger partial charge in [-0.2, -0.15) is 4.98 Å². The first-order valence-electron chi connectivity index (χ1n) is 18.8. The minimum absolute atomic E-state index is 0.0927. The van der Waals surface area contributed by atoms with Crippen molar-refractivity contribution in [2.75, 3.05) is 6.54 Å². The SMILES string of the molecule is CC.CC(C)C(C)NC(=O)CN(C=O)Cc1ccccc1.CC(C)C(C)NC(=O)OCc1ccccc1.CCCc1cccc(Cc2nc(C=O)no2)c1. The maximum Gasteiger partial charge on any atom is 0.407 e. The summed E-state index contributed by atoms with van der Waals surface area (Å²) in [5.41, 5.74) is 4.44. The fourth-order valence-corrected chi connectivity index (χ4v) is 4.46. The van der Waals surface area contributed by atoms with Crippen LogP contribution in [0.1, 0.15) is 107 Å². The summed E-state index contributed by atoms with van der Waals surface area (Å²) in [4.78, 5) is 50.1. The van der Waals surface area contributed by atoms with Crippen LogP contribution in [0.4, 0.5) is 4.79 Å². The van der Waals surface area contributed by atoms with Gasteiger partial charge in [0, 0.05) is 18.6 Å². The maximum absolute atomic E-state index is 11.8. The van der Waals surface area contributed by atoms with Crippen LogP contribution in [-0.4, -0.2) is 58.4 Å². The minimum Gasteiger partial charge on any atom is -0.445 e. The zero-order valence-corrected chi connectivity index (χ0v) is 33.6. The van der Waals surface area contributed by atoms with Crippen LogP contribution in [0.15, 0.2) is 89.5 Å². The van der Waals surface area contributed by atoms with Crippen molar-refractivity contribution >= 4 is 24.7 Å². The van der Waals surface area contributed by atoms with Crippen LogP contribution in [0.5, 0.6) is 0 Å². The van der Waals surface area contributed by atoms with Gasteiger partial charge in [0.2, 0.25) is 24.0 Å². The molecule has 0 radical (unpaired) electrons. The molecule has 1 aromatic heterocycles. The number of aldehydes is 1. The molecule has 0 aliphatic carbocycles. The van der Waals surface area contributed by atoms with E-state index in [1.54, 1.807) is 0 Å². The van der Waals surface area contributed by atoms with Crippen molar-refractivity contribution in [2.24, 2.45) is 11.8 Å². The van der Waals surface area contributed by atoms with Gasteiger partial charge in [-0.15, -0.1) is 0 Å². The van der Waals surface area contributed by atoms with Crippen molar-refractivity contribution in [3.63, 3.8) is 0 Å². The lowest BCUT2D eigenvalue weighted by Gasteiger charge is -2.21. The van der Waals surface area contributed by atoms with E-state index in [0.717, 1.165) is 29.5 Å². The highest BCUT2D eigenvalue weighted by Gasteiger charge is 2.14. The Morgan fingerprint density at radius 2 is 1.33 bits per heavy atom. The van der Waals surface area contributed by atoms with Crippen LogP contribution in [0, 0.1) is 11.8 Å². The third-order valence-corrected chi connectivity index (χ3v) is 8.15. The number of hydrogen-bond acceptors (Lipinski definition) is 8. The third-order valence-electron chi connectivity index (χ3n) is 8.15. The first-order chi connectivity index (χ1) is 25.9. The second-order valence-electron chi connectivity index (χ2n) is 13.2. The number of aromatic nitrogens is 2. The number of carbonyl (C=O) groups excluding carboxylic acids is 4. The van der Waals surface area contributed by atoms with Gasteiger partial charge in [-0.3, -0.25) is 14.4 Å². The van der Waals surface area contributed by atoms with E-state index in [-0.39, 0.29) is 36.5 Å². The standard InChI is InChI=1S/C15H22N2O2.C13H14N2O2.C13H19NO2.C2H6/c1-12(2)13(3)16-15(19)10-17(11-18)9-14-7-5-4-6-8-14;1-2-4-10-5-3-6-11(7-10)8-13-14-12(9-16)15-17-13;1-10(2)11(3)14-13(15)16-9-12-7-5-4-6-8-12;1-2/h4-8,11-13H,9-10H2,1-3H3,(H,16,19);3,5-7,9H,2,4,8H2,1H3;4-8,10-11H,9H2,1-3H3,(H,14,15);1-2H3. The molecule has 0 spiro atoms. The Hall–Kier alpha value is -5.32. The van der Waals surface area contributed by atoms with Gasteiger partial charge in [0.05, 0.1) is 13.0 Å². The topological polar surface area (TPSA) is 144 Å². The molecule has 3 amide bonds. The lowest BCUT2D eigenvalue weighted by atomic mass is 10.1. The lowest BCUT2D eigenvalue weighted by Crippen LogP contribution is -2.42. The van der Waals surface area contributed by atoms with Gasteiger partial charge >= 0.3 is 6.09 Å². The molecule has 0 aliphatic heterocycles. The van der Waals surface area contributed by atoms with Gasteiger partial charge in [0.25, 0.3) is 0 Å². The molecule has 0 fully saturated rings. The molecule has 294 valence electrons. The fraction of sp³-hybridized carbons (Fsp3) is 0.442. The predicted octanol–water partition coefficient (Wildman–Crippen LogP) is 8.21. The van der Waals surface area contributed by atoms with Crippen LogP contribution in [0.2, 0.25) is 0 Å². The number of alkyl carbamates (subject to hydrolysis) is 1. The summed E-state index contributed by atoms with van der Waals surface area (Å²) >= 11 is 0. The van der Waals surface area contributed by atoms with Crippen LogP contribution in [0.3, 0.4) is 0 Å². The molecule has 11 nitrogen and oxygen atoms in total. The average Bonchev–Trinajstić information content (AvgIpc) is 3.63. The smallest absolute Gasteiger partial charge is 0.407 e. The normalized spacial score (nSPS) is 11.2. The number of hydrogen-bond donors (Lipinski definition) is 2. The Morgan fingerprint density at radius 1 is 0.778 bits per heavy atom. The first kappa shape index (κ1) is 46.7. The number of aryl methyl sites for hydroxylation is 1. The molecular formula is C43H61N5O6. The maximum atomic E-state index is 11.8. The molecule has 2 unspecified atom stereocenters. The summed E-state index contributed by atoms with van der Waals surface area (Å²) < 4.78 is 10.1. The zero-order valence-electron chi connectivity index (χ0n) is 33.6. The van der Waals surface area contributed by atoms with Crippen LogP contribution in [-0.2, 0) is 40.3 Å². The van der Waals surface area contributed by atoms with Crippen molar-refractivity contribution in [2.45, 2.75) is 107 Å². The quantitative estimate of drug-likeness (QED) is 0.109. The molecule has 3 aromatic carbocycles. The van der Waals surface area contributed by atoms with Crippen LogP contribution >= 0.6 is 0 Å². The summed E-state index contributed by atoms with van der Waals surface area (Å²) in [6.07, 6.45) is 3.70. The molecule has 0 aliphatic rings. The van der Waals surface area contributed by atoms with E-state index in [1.807, 2.05) is 114 Å². The number of rotatable bonds is 16. The monoisotopic (exact) mass is 743 g/mol. The minimum atomic E-state index is -0.356. The molecule has 11 heteroatoms. The Kier molecular flexibility index (Phi) is 23.6. The summed E-state index contributed by atoms with van der Waals surface area (Å²) in [6.45, 7) is 19.2. The molecule has 2 N–H and O–H groups in total. The van der Waals surface area contributed by atoms with Crippen molar-refractivity contribution in [3.8, 4) is 0 Å². The molecule has 0 saturated carbocycles. The van der Waals surface area contributed by atoms with Gasteiger partial charge in [-0.05, 0) is 54.4 Å². The van der Waals surface area contributed by atoms with Crippen LogP contribution in [0.25, 0.3) is 0 Å². The molecule has 54 heavy (non-hydrogen) atoms. The number of amides is 3. The average molecular weight is 744 g/mol. The highest BCUT2D eigenvalue weighted by atomic mass is 16.5. The van der Waals surface area contributed by atoms with E-state index in [2.05, 4.69) is 53.7 Å². The fourth-order valence-electron chi connectivity index (χ4n) is 4.46. The van der Waals surface area contributed by atoms with Gasteiger partial charge in [0.15, 0.2) is 6.29 Å². The second kappa shape index (κ2) is 27.3. The van der Waals surface area contributed by atoms with E-state index in [1.165, 1.54) is 10.5 Å². The number of ether oxygens (including phenoxy) is 1. The molecular weight excluding hydrogens is 683 g/mol. The van der Waals surface area contributed by atoms with Crippen molar-refractivity contribution in [3.05, 3.63) is 119 Å². The lowest BCUT2D eigenvalue weighted by molar-refractivity contribution is -0.129. The molecule has 1 heterocycles. The van der Waals surface area contributed by atoms with Crippen molar-refractivity contribution in [1.82, 2.24) is 25.7 Å².